The number of hydrogen-bond donors (Lipinski definition) is 4. The molecule has 4 atom stereocenters. The molecule has 0 radical (unpaired) electrons. The average Bonchev–Trinajstić information content (AvgIpc) is 3.00. The lowest BCUT2D eigenvalue weighted by molar-refractivity contribution is 0.0450. The lowest BCUT2D eigenvalue weighted by atomic mass is 10.0. The molecule has 2 rings (SSSR count). The minimum Gasteiger partial charge on any atom is -0.393 e. The first kappa shape index (κ1) is 21.7. The minimum atomic E-state index is -0.683. The Bertz CT molecular complexity index is 555. The Labute approximate surface area is 162 Å². The van der Waals surface area contributed by atoms with E-state index in [9.17, 15) is 10.2 Å². The number of likely N-dealkylation sites (tertiary alicyclic amines) is 1. The maximum atomic E-state index is 10.3. The van der Waals surface area contributed by atoms with Gasteiger partial charge in [-0.3, -0.25) is 5.41 Å². The molecule has 6 heteroatoms. The third-order valence-corrected chi connectivity index (χ3v) is 5.32. The van der Waals surface area contributed by atoms with Crippen LogP contribution < -0.4 is 5.73 Å². The van der Waals surface area contributed by atoms with E-state index in [0.29, 0.717) is 19.4 Å². The predicted octanol–water partition coefficient (Wildman–Crippen LogP) is 2.97. The van der Waals surface area contributed by atoms with Crippen molar-refractivity contribution in [1.82, 2.24) is 4.90 Å². The lowest BCUT2D eigenvalue weighted by Crippen LogP contribution is -2.46. The van der Waals surface area contributed by atoms with Gasteiger partial charge in [0.05, 0.1) is 18.8 Å². The van der Waals surface area contributed by atoms with E-state index in [2.05, 4.69) is 19.1 Å². The normalized spacial score (nSPS) is 22.0. The zero-order valence-electron chi connectivity index (χ0n) is 16.4. The van der Waals surface area contributed by atoms with Gasteiger partial charge in [0.2, 0.25) is 0 Å². The third kappa shape index (κ3) is 7.48. The molecule has 1 aliphatic rings. The number of nitrogens with two attached hydrogens (primary N) is 1. The fraction of sp³-hybridized carbons (Fsp3) is 0.667. The largest absolute Gasteiger partial charge is 0.393 e. The van der Waals surface area contributed by atoms with Gasteiger partial charge in [0.15, 0.2) is 5.96 Å². The van der Waals surface area contributed by atoms with Gasteiger partial charge in [0.1, 0.15) is 6.23 Å². The first-order chi connectivity index (χ1) is 13.0. The standard InChI is InChI=1S/C21H35N3O3/c1-16(27-15-17-9-5-3-6-10-17)8-4-2-7-11-19(25)14-18-12-13-20(26)24(18)21(22)23/h3,5-6,9-10,16,18-20,25-26H,2,4,7-8,11-15H2,1H3,(H3,22,23)/t16-,18+,19+,20?/m1/s1. The summed E-state index contributed by atoms with van der Waals surface area (Å²) in [6, 6.07) is 10.2. The number of nitrogens with zero attached hydrogens (tertiary/aromatic N) is 1. The molecule has 1 aromatic carbocycles. The summed E-state index contributed by atoms with van der Waals surface area (Å²) in [5.41, 5.74) is 6.74. The fourth-order valence-corrected chi connectivity index (χ4v) is 3.77. The van der Waals surface area contributed by atoms with E-state index >= 15 is 0 Å². The SMILES string of the molecule is C[C@H](CCCCC[C@H](O)C[C@@H]1CCC(O)N1C(=N)N)OCc1ccccc1. The number of unbranched alkanes of at least 4 members (excludes halogenated alkanes) is 2. The molecule has 0 amide bonds. The van der Waals surface area contributed by atoms with E-state index in [1.165, 1.54) is 10.5 Å². The summed E-state index contributed by atoms with van der Waals surface area (Å²) in [5, 5.41) is 27.7. The van der Waals surface area contributed by atoms with E-state index in [-0.39, 0.29) is 18.1 Å². The van der Waals surface area contributed by atoms with Gasteiger partial charge in [0, 0.05) is 6.04 Å². The summed E-state index contributed by atoms with van der Waals surface area (Å²) < 4.78 is 5.88. The zero-order chi connectivity index (χ0) is 19.6. The Hall–Kier alpha value is -1.63. The van der Waals surface area contributed by atoms with Crippen molar-refractivity contribution in [3.63, 3.8) is 0 Å². The summed E-state index contributed by atoms with van der Waals surface area (Å²) in [4.78, 5) is 1.52. The highest BCUT2D eigenvalue weighted by molar-refractivity contribution is 5.75. The monoisotopic (exact) mass is 377 g/mol. The van der Waals surface area contributed by atoms with Gasteiger partial charge >= 0.3 is 0 Å². The Morgan fingerprint density at radius 3 is 2.63 bits per heavy atom. The Balaban J connectivity index is 1.54. The van der Waals surface area contributed by atoms with Crippen LogP contribution in [0, 0.1) is 5.41 Å². The lowest BCUT2D eigenvalue weighted by Gasteiger charge is -2.29. The van der Waals surface area contributed by atoms with Crippen molar-refractivity contribution >= 4 is 5.96 Å². The quantitative estimate of drug-likeness (QED) is 0.270. The van der Waals surface area contributed by atoms with E-state index in [0.717, 1.165) is 38.5 Å². The van der Waals surface area contributed by atoms with Crippen molar-refractivity contribution in [3.05, 3.63) is 35.9 Å². The topological polar surface area (TPSA) is 103 Å². The molecule has 0 saturated carbocycles. The van der Waals surface area contributed by atoms with E-state index < -0.39 is 12.3 Å². The molecular formula is C21H35N3O3. The molecular weight excluding hydrogens is 342 g/mol. The van der Waals surface area contributed by atoms with E-state index in [4.69, 9.17) is 15.9 Å². The molecule has 5 N–H and O–H groups in total. The van der Waals surface area contributed by atoms with Gasteiger partial charge in [0.25, 0.3) is 0 Å². The minimum absolute atomic E-state index is 0.0288. The number of hydrogen-bond acceptors (Lipinski definition) is 4. The molecule has 1 heterocycles. The van der Waals surface area contributed by atoms with Crippen LogP contribution in [0.25, 0.3) is 0 Å². The maximum Gasteiger partial charge on any atom is 0.190 e. The third-order valence-electron chi connectivity index (χ3n) is 5.32. The highest BCUT2D eigenvalue weighted by Gasteiger charge is 2.34. The highest BCUT2D eigenvalue weighted by Crippen LogP contribution is 2.26. The Kier molecular flexibility index (Phi) is 9.04. The number of benzene rings is 1. The van der Waals surface area contributed by atoms with Crippen molar-refractivity contribution in [3.8, 4) is 0 Å². The van der Waals surface area contributed by atoms with Gasteiger partial charge < -0.3 is 25.6 Å². The molecule has 1 fully saturated rings. The van der Waals surface area contributed by atoms with Gasteiger partial charge in [-0.25, -0.2) is 0 Å². The predicted molar refractivity (Wildman–Crippen MR) is 107 cm³/mol. The summed E-state index contributed by atoms with van der Waals surface area (Å²) in [7, 11) is 0. The van der Waals surface area contributed by atoms with Crippen molar-refractivity contribution < 1.29 is 14.9 Å². The van der Waals surface area contributed by atoms with Crippen LogP contribution in [0.15, 0.2) is 30.3 Å². The van der Waals surface area contributed by atoms with Crippen molar-refractivity contribution in [2.24, 2.45) is 5.73 Å². The van der Waals surface area contributed by atoms with Crippen LogP contribution in [0.5, 0.6) is 0 Å². The first-order valence-corrected chi connectivity index (χ1v) is 10.1. The van der Waals surface area contributed by atoms with Gasteiger partial charge in [-0.05, 0) is 44.6 Å². The average molecular weight is 378 g/mol. The summed E-state index contributed by atoms with van der Waals surface area (Å²) in [6.45, 7) is 2.76. The summed E-state index contributed by atoms with van der Waals surface area (Å²) >= 11 is 0. The number of aliphatic hydroxyl groups excluding tert-OH is 2. The molecule has 27 heavy (non-hydrogen) atoms. The van der Waals surface area contributed by atoms with Crippen LogP contribution in [0.2, 0.25) is 0 Å². The van der Waals surface area contributed by atoms with Crippen LogP contribution in [0.3, 0.4) is 0 Å². The van der Waals surface area contributed by atoms with Crippen molar-refractivity contribution in [2.45, 2.75) is 89.4 Å². The molecule has 1 aromatic rings. The number of aliphatic hydroxyl groups is 2. The Morgan fingerprint density at radius 1 is 1.22 bits per heavy atom. The summed E-state index contributed by atoms with van der Waals surface area (Å²) in [6.07, 6.45) is 5.99. The summed E-state index contributed by atoms with van der Waals surface area (Å²) in [5.74, 6) is -0.110. The first-order valence-electron chi connectivity index (χ1n) is 10.1. The number of ether oxygens (including phenoxy) is 1. The molecule has 6 nitrogen and oxygen atoms in total. The molecule has 0 spiro atoms. The number of guanidine groups is 1. The zero-order valence-corrected chi connectivity index (χ0v) is 16.4. The molecule has 0 aromatic heterocycles. The van der Waals surface area contributed by atoms with Crippen molar-refractivity contribution in [2.75, 3.05) is 0 Å². The van der Waals surface area contributed by atoms with Gasteiger partial charge in [-0.1, -0.05) is 49.6 Å². The van der Waals surface area contributed by atoms with Crippen LogP contribution >= 0.6 is 0 Å². The molecule has 0 aliphatic carbocycles. The van der Waals surface area contributed by atoms with E-state index in [1.807, 2.05) is 18.2 Å². The van der Waals surface area contributed by atoms with Crippen LogP contribution in [0.1, 0.15) is 63.9 Å². The number of rotatable bonds is 11. The van der Waals surface area contributed by atoms with Gasteiger partial charge in [-0.2, -0.15) is 0 Å². The van der Waals surface area contributed by atoms with Crippen LogP contribution in [0.4, 0.5) is 0 Å². The highest BCUT2D eigenvalue weighted by atomic mass is 16.5. The van der Waals surface area contributed by atoms with E-state index in [1.54, 1.807) is 0 Å². The molecule has 1 aliphatic heterocycles. The van der Waals surface area contributed by atoms with Crippen molar-refractivity contribution in [1.29, 1.82) is 5.41 Å². The molecule has 0 bridgehead atoms. The maximum absolute atomic E-state index is 10.3. The second-order valence-corrected chi connectivity index (χ2v) is 7.64. The van der Waals surface area contributed by atoms with Crippen LogP contribution in [-0.4, -0.2) is 45.6 Å². The number of nitrogens with one attached hydrogen (secondary N) is 1. The second-order valence-electron chi connectivity index (χ2n) is 7.64. The van der Waals surface area contributed by atoms with Gasteiger partial charge in [-0.15, -0.1) is 0 Å². The fourth-order valence-electron chi connectivity index (χ4n) is 3.77. The van der Waals surface area contributed by atoms with Crippen LogP contribution in [-0.2, 0) is 11.3 Å². The smallest absolute Gasteiger partial charge is 0.190 e. The molecule has 152 valence electrons. The molecule has 1 unspecified atom stereocenters. The molecule has 1 saturated heterocycles. The Morgan fingerprint density at radius 2 is 1.93 bits per heavy atom. The second kappa shape index (κ2) is 11.3.